The summed E-state index contributed by atoms with van der Waals surface area (Å²) in [6, 6.07) is 11.5. The molecule has 0 fully saturated rings. The average molecular weight is 388 g/mol. The molecule has 0 aliphatic carbocycles. The van der Waals surface area contributed by atoms with Crippen molar-refractivity contribution in [1.82, 2.24) is 14.5 Å². The summed E-state index contributed by atoms with van der Waals surface area (Å²) >= 11 is 0. The minimum absolute atomic E-state index is 0.159. The number of aliphatic imine (C=N–C) groups is 1. The van der Waals surface area contributed by atoms with E-state index in [0.717, 1.165) is 21.3 Å². The van der Waals surface area contributed by atoms with Crippen LogP contribution < -0.4 is 5.56 Å². The molecule has 0 unspecified atom stereocenters. The second-order valence-electron chi connectivity index (χ2n) is 6.82. The Hall–Kier alpha value is -3.74. The van der Waals surface area contributed by atoms with Crippen molar-refractivity contribution in [3.8, 4) is 11.1 Å². The quantitative estimate of drug-likeness (QED) is 0.538. The summed E-state index contributed by atoms with van der Waals surface area (Å²) < 4.78 is 30.9. The highest BCUT2D eigenvalue weighted by Crippen LogP contribution is 2.30. The van der Waals surface area contributed by atoms with Crippen LogP contribution in [0.2, 0.25) is 0 Å². The first-order valence-corrected chi connectivity index (χ1v) is 9.02. The Morgan fingerprint density at radius 3 is 2.69 bits per heavy atom. The summed E-state index contributed by atoms with van der Waals surface area (Å²) in [7, 11) is 0. The second kappa shape index (κ2) is 6.70. The predicted octanol–water partition coefficient (Wildman–Crippen LogP) is 3.72. The van der Waals surface area contributed by atoms with Crippen LogP contribution in [0.25, 0.3) is 22.2 Å². The van der Waals surface area contributed by atoms with Crippen molar-refractivity contribution in [3.05, 3.63) is 93.7 Å². The largest absolute Gasteiger partial charge is 0.293 e. The van der Waals surface area contributed by atoms with E-state index in [9.17, 15) is 13.6 Å². The van der Waals surface area contributed by atoms with Gasteiger partial charge in [-0.25, -0.2) is 18.7 Å². The summed E-state index contributed by atoms with van der Waals surface area (Å²) in [5.74, 6) is -1.44. The molecule has 0 atom stereocenters. The fourth-order valence-corrected chi connectivity index (χ4v) is 3.57. The molecule has 7 heteroatoms. The van der Waals surface area contributed by atoms with Crippen LogP contribution in [-0.2, 0) is 13.1 Å². The zero-order chi connectivity index (χ0) is 20.0. The van der Waals surface area contributed by atoms with E-state index < -0.39 is 17.2 Å². The highest BCUT2D eigenvalue weighted by molar-refractivity contribution is 5.94. The molecule has 0 bridgehead atoms. The van der Waals surface area contributed by atoms with Gasteiger partial charge in [-0.15, -0.1) is 0 Å². The molecule has 29 heavy (non-hydrogen) atoms. The van der Waals surface area contributed by atoms with Gasteiger partial charge in [0.25, 0.3) is 5.56 Å². The molecule has 0 radical (unpaired) electrons. The first kappa shape index (κ1) is 17.4. The highest BCUT2D eigenvalue weighted by Gasteiger charge is 2.18. The van der Waals surface area contributed by atoms with Crippen molar-refractivity contribution in [2.75, 3.05) is 0 Å². The molecule has 2 aromatic heterocycles. The molecule has 0 amide bonds. The van der Waals surface area contributed by atoms with Gasteiger partial charge in [0.05, 0.1) is 24.9 Å². The van der Waals surface area contributed by atoms with Crippen molar-refractivity contribution in [1.29, 1.82) is 0 Å². The van der Waals surface area contributed by atoms with E-state index in [-0.39, 0.29) is 17.6 Å². The van der Waals surface area contributed by atoms with Crippen LogP contribution in [0, 0.1) is 11.6 Å². The number of hydrogen-bond acceptors (Lipinski definition) is 4. The third-order valence-corrected chi connectivity index (χ3v) is 5.04. The third kappa shape index (κ3) is 2.91. The van der Waals surface area contributed by atoms with Crippen molar-refractivity contribution in [2.45, 2.75) is 13.1 Å². The zero-order valence-corrected chi connectivity index (χ0v) is 15.1. The SMILES string of the molecule is O=c1c2ncccc2ncn1Cc1c(F)cc(-c2cccc3c2C=NC3)cc1F. The van der Waals surface area contributed by atoms with Crippen LogP contribution in [0.3, 0.4) is 0 Å². The standard InChI is InChI=1S/C22H14F2N4O/c23-18-7-14(15-4-1-3-13-9-25-10-16(13)15)8-19(24)17(18)11-28-12-27-20-5-2-6-26-21(20)22(28)29/h1-8,10,12H,9,11H2. The van der Waals surface area contributed by atoms with Gasteiger partial charge < -0.3 is 0 Å². The Bertz CT molecular complexity index is 1340. The van der Waals surface area contributed by atoms with Gasteiger partial charge in [-0.1, -0.05) is 18.2 Å². The van der Waals surface area contributed by atoms with Crippen LogP contribution >= 0.6 is 0 Å². The molecule has 3 heterocycles. The van der Waals surface area contributed by atoms with Gasteiger partial charge in [0, 0.05) is 23.5 Å². The topological polar surface area (TPSA) is 60.1 Å². The van der Waals surface area contributed by atoms with Crippen LogP contribution in [0.5, 0.6) is 0 Å². The minimum atomic E-state index is -0.722. The van der Waals surface area contributed by atoms with Gasteiger partial charge in [0.1, 0.15) is 11.6 Å². The molecule has 0 saturated carbocycles. The van der Waals surface area contributed by atoms with Crippen molar-refractivity contribution >= 4 is 17.2 Å². The Balaban J connectivity index is 1.57. The molecular formula is C22H14F2N4O. The van der Waals surface area contributed by atoms with Crippen molar-refractivity contribution in [2.24, 2.45) is 4.99 Å². The van der Waals surface area contributed by atoms with E-state index in [2.05, 4.69) is 15.0 Å². The molecule has 142 valence electrons. The van der Waals surface area contributed by atoms with Crippen molar-refractivity contribution < 1.29 is 8.78 Å². The summed E-state index contributed by atoms with van der Waals surface area (Å²) in [6.07, 6.45) is 4.48. The van der Waals surface area contributed by atoms with E-state index in [1.54, 1.807) is 18.3 Å². The van der Waals surface area contributed by atoms with E-state index in [0.29, 0.717) is 17.6 Å². The maximum atomic E-state index is 14.9. The Labute approximate surface area is 164 Å². The van der Waals surface area contributed by atoms with E-state index >= 15 is 0 Å². The fraction of sp³-hybridized carbons (Fsp3) is 0.0909. The highest BCUT2D eigenvalue weighted by atomic mass is 19.1. The van der Waals surface area contributed by atoms with E-state index in [1.165, 1.54) is 24.7 Å². The molecular weight excluding hydrogens is 374 g/mol. The molecule has 1 aliphatic heterocycles. The number of rotatable bonds is 3. The Kier molecular flexibility index (Phi) is 4.01. The molecule has 0 N–H and O–H groups in total. The maximum absolute atomic E-state index is 14.9. The Morgan fingerprint density at radius 1 is 1.03 bits per heavy atom. The third-order valence-electron chi connectivity index (χ3n) is 5.04. The predicted molar refractivity (Wildman–Crippen MR) is 106 cm³/mol. The summed E-state index contributed by atoms with van der Waals surface area (Å²) in [5.41, 5.74) is 3.00. The molecule has 1 aliphatic rings. The van der Waals surface area contributed by atoms with E-state index in [1.807, 2.05) is 18.2 Å². The first-order chi connectivity index (χ1) is 14.1. The lowest BCUT2D eigenvalue weighted by molar-refractivity contribution is 0.541. The van der Waals surface area contributed by atoms with Gasteiger partial charge in [0.2, 0.25) is 0 Å². The number of pyridine rings is 1. The van der Waals surface area contributed by atoms with Crippen LogP contribution in [0.15, 0.2) is 64.8 Å². The molecule has 5 nitrogen and oxygen atoms in total. The monoisotopic (exact) mass is 388 g/mol. The maximum Gasteiger partial charge on any atom is 0.280 e. The number of hydrogen-bond donors (Lipinski definition) is 0. The lowest BCUT2D eigenvalue weighted by atomic mass is 9.96. The summed E-state index contributed by atoms with van der Waals surface area (Å²) in [6.45, 7) is 0.294. The van der Waals surface area contributed by atoms with Gasteiger partial charge >= 0.3 is 0 Å². The zero-order valence-electron chi connectivity index (χ0n) is 15.1. The Morgan fingerprint density at radius 2 is 1.86 bits per heavy atom. The average Bonchev–Trinajstić information content (AvgIpc) is 3.21. The first-order valence-electron chi connectivity index (χ1n) is 9.02. The van der Waals surface area contributed by atoms with Crippen LogP contribution in [-0.4, -0.2) is 20.7 Å². The van der Waals surface area contributed by atoms with Crippen LogP contribution in [0.1, 0.15) is 16.7 Å². The van der Waals surface area contributed by atoms with E-state index in [4.69, 9.17) is 0 Å². The number of aromatic nitrogens is 3. The lowest BCUT2D eigenvalue weighted by Gasteiger charge is -2.12. The van der Waals surface area contributed by atoms with Gasteiger partial charge in [-0.3, -0.25) is 14.4 Å². The minimum Gasteiger partial charge on any atom is -0.293 e. The molecule has 4 aromatic rings. The number of halogens is 2. The molecule has 0 saturated heterocycles. The van der Waals surface area contributed by atoms with Crippen LogP contribution in [0.4, 0.5) is 8.78 Å². The molecule has 5 rings (SSSR count). The number of nitrogens with zero attached hydrogens (tertiary/aromatic N) is 4. The lowest BCUT2D eigenvalue weighted by Crippen LogP contribution is -2.23. The number of fused-ring (bicyclic) bond motifs is 2. The number of benzene rings is 2. The van der Waals surface area contributed by atoms with Gasteiger partial charge in [-0.2, -0.15) is 0 Å². The smallest absolute Gasteiger partial charge is 0.280 e. The van der Waals surface area contributed by atoms with Gasteiger partial charge in [0.15, 0.2) is 5.52 Å². The van der Waals surface area contributed by atoms with Crippen molar-refractivity contribution in [3.63, 3.8) is 0 Å². The normalized spacial score (nSPS) is 12.5. The summed E-state index contributed by atoms with van der Waals surface area (Å²) in [4.78, 5) is 25.0. The molecule has 2 aromatic carbocycles. The summed E-state index contributed by atoms with van der Waals surface area (Å²) in [5, 5.41) is 0. The molecule has 0 spiro atoms. The second-order valence-corrected chi connectivity index (χ2v) is 6.82. The van der Waals surface area contributed by atoms with Gasteiger partial charge in [-0.05, 0) is 41.0 Å². The fourth-order valence-electron chi connectivity index (χ4n) is 3.57.